The molecule has 0 fully saturated rings. The highest BCUT2D eigenvalue weighted by atomic mass is 16.5. The second-order valence-corrected chi connectivity index (χ2v) is 9.02. The van der Waals surface area contributed by atoms with Gasteiger partial charge in [-0.15, -0.1) is 5.10 Å². The van der Waals surface area contributed by atoms with Crippen LogP contribution in [-0.4, -0.2) is 87.8 Å². The number of aryl methyl sites for hydroxylation is 1. The van der Waals surface area contributed by atoms with E-state index in [1.165, 1.54) is 0 Å². The molecular formula is C24H36N6O5. The molecule has 1 aliphatic rings. The number of carbonyl (C=O) groups is 2. The number of nitrogens with zero attached hydrogens (tertiary/aromatic N) is 5. The number of carbonyl (C=O) groups excluding carboxylic acids is 2. The molecule has 0 radical (unpaired) electrons. The molecule has 0 aliphatic carbocycles. The van der Waals surface area contributed by atoms with Gasteiger partial charge in [0.05, 0.1) is 38.7 Å². The lowest BCUT2D eigenvalue weighted by atomic mass is 10.0. The van der Waals surface area contributed by atoms with E-state index in [2.05, 4.69) is 15.6 Å². The summed E-state index contributed by atoms with van der Waals surface area (Å²) in [6.45, 7) is 5.22. The fourth-order valence-corrected chi connectivity index (χ4v) is 3.94. The molecule has 2 N–H and O–H groups in total. The molecule has 3 amide bonds. The molecule has 1 aliphatic heterocycles. The Morgan fingerprint density at radius 2 is 2.11 bits per heavy atom. The minimum absolute atomic E-state index is 0.0256. The molecule has 0 saturated carbocycles. The van der Waals surface area contributed by atoms with Gasteiger partial charge in [0, 0.05) is 44.7 Å². The van der Waals surface area contributed by atoms with Gasteiger partial charge in [-0.2, -0.15) is 0 Å². The summed E-state index contributed by atoms with van der Waals surface area (Å²) < 4.78 is 13.1. The minimum Gasteiger partial charge on any atom is -0.497 e. The number of anilines is 1. The molecule has 2 bridgehead atoms. The predicted molar refractivity (Wildman–Crippen MR) is 130 cm³/mol. The Morgan fingerprint density at radius 3 is 2.80 bits per heavy atom. The van der Waals surface area contributed by atoms with Crippen LogP contribution in [0.4, 0.5) is 10.5 Å². The molecule has 1 aromatic heterocycles. The summed E-state index contributed by atoms with van der Waals surface area (Å²) in [5.41, 5.74) is 1.34. The molecule has 3 atom stereocenters. The first-order valence-corrected chi connectivity index (χ1v) is 11.9. The van der Waals surface area contributed by atoms with E-state index in [4.69, 9.17) is 9.47 Å². The lowest BCUT2D eigenvalue weighted by molar-refractivity contribution is -0.136. The maximum Gasteiger partial charge on any atom is 0.321 e. The zero-order valence-electron chi connectivity index (χ0n) is 20.9. The van der Waals surface area contributed by atoms with Crippen molar-refractivity contribution >= 4 is 17.6 Å². The van der Waals surface area contributed by atoms with E-state index in [-0.39, 0.29) is 43.2 Å². The molecule has 2 aromatic rings. The average Bonchev–Trinajstić information content (AvgIpc) is 3.31. The summed E-state index contributed by atoms with van der Waals surface area (Å²) >= 11 is 0. The van der Waals surface area contributed by atoms with Gasteiger partial charge in [0.15, 0.2) is 0 Å². The van der Waals surface area contributed by atoms with Crippen LogP contribution in [0.15, 0.2) is 30.5 Å². The number of fused-ring (bicyclic) bond motifs is 2. The summed E-state index contributed by atoms with van der Waals surface area (Å²) in [6.07, 6.45) is 2.41. The Morgan fingerprint density at radius 1 is 1.37 bits per heavy atom. The molecule has 3 rings (SSSR count). The van der Waals surface area contributed by atoms with Crippen molar-refractivity contribution in [1.29, 1.82) is 0 Å². The van der Waals surface area contributed by atoms with E-state index in [0.29, 0.717) is 49.6 Å². The summed E-state index contributed by atoms with van der Waals surface area (Å²) in [7, 11) is 3.29. The fraction of sp³-hybridized carbons (Fsp3) is 0.583. The van der Waals surface area contributed by atoms with Crippen LogP contribution in [0, 0.1) is 5.92 Å². The number of nitrogens with one attached hydrogen (secondary N) is 1. The number of aliphatic hydroxyl groups excluding tert-OH is 1. The van der Waals surface area contributed by atoms with Crippen molar-refractivity contribution in [2.24, 2.45) is 5.92 Å². The second kappa shape index (κ2) is 12.5. The lowest BCUT2D eigenvalue weighted by Crippen LogP contribution is -2.48. The van der Waals surface area contributed by atoms with Crippen LogP contribution >= 0.6 is 0 Å². The van der Waals surface area contributed by atoms with E-state index < -0.39 is 0 Å². The highest BCUT2D eigenvalue weighted by Crippen LogP contribution is 2.19. The number of aromatic nitrogens is 3. The van der Waals surface area contributed by atoms with Gasteiger partial charge in [-0.25, -0.2) is 4.79 Å². The van der Waals surface area contributed by atoms with E-state index in [0.717, 1.165) is 0 Å². The van der Waals surface area contributed by atoms with E-state index in [1.54, 1.807) is 52.9 Å². The molecule has 192 valence electrons. The summed E-state index contributed by atoms with van der Waals surface area (Å²) in [6, 6.07) is 6.49. The van der Waals surface area contributed by atoms with Gasteiger partial charge in [-0.05, 0) is 37.6 Å². The smallest absolute Gasteiger partial charge is 0.321 e. The van der Waals surface area contributed by atoms with Gasteiger partial charge < -0.3 is 29.7 Å². The first-order chi connectivity index (χ1) is 16.8. The third kappa shape index (κ3) is 7.40. The van der Waals surface area contributed by atoms with Gasteiger partial charge in [0.2, 0.25) is 5.91 Å². The van der Waals surface area contributed by atoms with Gasteiger partial charge in [0.25, 0.3) is 0 Å². The number of benzene rings is 1. The molecule has 1 aromatic carbocycles. The monoisotopic (exact) mass is 488 g/mol. The standard InChI is InChI=1S/C24H36N6O5/c1-17-12-30(18(2)15-31)23(32)6-5-11-29-13-20(26-27-29)16-35-22(17)14-28(3)24(33)25-19-7-9-21(34-4)10-8-19/h7-10,13,17-18,22,31H,5-6,11-12,14-16H2,1-4H3,(H,25,33)/t17-,18+,22-/m1/s1. The number of ether oxygens (including phenoxy) is 2. The molecule has 11 nitrogen and oxygen atoms in total. The maximum atomic E-state index is 13.0. The van der Waals surface area contributed by atoms with Crippen molar-refractivity contribution in [3.8, 4) is 5.75 Å². The molecular weight excluding hydrogens is 452 g/mol. The Hall–Kier alpha value is -3.18. The predicted octanol–water partition coefficient (Wildman–Crippen LogP) is 1.98. The summed E-state index contributed by atoms with van der Waals surface area (Å²) in [5.74, 6) is 0.568. The number of hydrogen-bond acceptors (Lipinski definition) is 7. The molecule has 0 unspecified atom stereocenters. The van der Waals surface area contributed by atoms with Crippen molar-refractivity contribution in [2.45, 2.75) is 52.0 Å². The first kappa shape index (κ1) is 26.4. The zero-order chi connectivity index (χ0) is 25.4. The van der Waals surface area contributed by atoms with Gasteiger partial charge in [0.1, 0.15) is 11.4 Å². The molecule has 0 saturated heterocycles. The van der Waals surface area contributed by atoms with Crippen LogP contribution in [0.2, 0.25) is 0 Å². The quantitative estimate of drug-likeness (QED) is 0.637. The van der Waals surface area contributed by atoms with Crippen LogP contribution in [0.25, 0.3) is 0 Å². The van der Waals surface area contributed by atoms with Crippen LogP contribution < -0.4 is 10.1 Å². The van der Waals surface area contributed by atoms with Crippen molar-refractivity contribution < 1.29 is 24.2 Å². The van der Waals surface area contributed by atoms with E-state index in [9.17, 15) is 14.7 Å². The number of likely N-dealkylation sites (N-methyl/N-ethyl adjacent to an activating group) is 1. The van der Waals surface area contributed by atoms with Gasteiger partial charge in [-0.3, -0.25) is 9.48 Å². The zero-order valence-corrected chi connectivity index (χ0v) is 20.9. The number of rotatable bonds is 6. The van der Waals surface area contributed by atoms with E-state index in [1.807, 2.05) is 20.0 Å². The largest absolute Gasteiger partial charge is 0.497 e. The van der Waals surface area contributed by atoms with Crippen molar-refractivity contribution in [3.05, 3.63) is 36.2 Å². The van der Waals surface area contributed by atoms with Crippen LogP contribution in [0.5, 0.6) is 5.75 Å². The van der Waals surface area contributed by atoms with Crippen molar-refractivity contribution in [2.75, 3.05) is 39.2 Å². The summed E-state index contributed by atoms with van der Waals surface area (Å²) in [5, 5.41) is 20.9. The fourth-order valence-electron chi connectivity index (χ4n) is 3.94. The summed E-state index contributed by atoms with van der Waals surface area (Å²) in [4.78, 5) is 29.1. The normalized spacial score (nSPS) is 20.3. The molecule has 0 spiro atoms. The third-order valence-electron chi connectivity index (χ3n) is 6.19. The number of hydrogen-bond donors (Lipinski definition) is 2. The Kier molecular flexibility index (Phi) is 9.44. The number of urea groups is 1. The Labute approximate surface area is 206 Å². The van der Waals surface area contributed by atoms with Crippen molar-refractivity contribution in [3.63, 3.8) is 0 Å². The number of amides is 3. The molecule has 11 heteroatoms. The highest BCUT2D eigenvalue weighted by Gasteiger charge is 2.28. The number of aliphatic hydroxyl groups is 1. The lowest BCUT2D eigenvalue weighted by Gasteiger charge is -2.35. The topological polar surface area (TPSA) is 122 Å². The van der Waals surface area contributed by atoms with Crippen molar-refractivity contribution in [1.82, 2.24) is 24.8 Å². The van der Waals surface area contributed by atoms with Crippen LogP contribution in [0.1, 0.15) is 32.4 Å². The van der Waals surface area contributed by atoms with E-state index >= 15 is 0 Å². The SMILES string of the molecule is COc1ccc(NC(=O)N(C)C[C@H]2OCc3cn(nn3)CCCC(=O)N([C@@H](C)CO)C[C@H]2C)cc1. The Bertz CT molecular complexity index is 966. The molecule has 2 heterocycles. The maximum absolute atomic E-state index is 13.0. The third-order valence-corrected chi connectivity index (χ3v) is 6.19. The minimum atomic E-state index is -0.381. The number of methoxy groups -OCH3 is 1. The van der Waals surface area contributed by atoms with Gasteiger partial charge in [-0.1, -0.05) is 12.1 Å². The molecule has 35 heavy (non-hydrogen) atoms. The average molecular weight is 489 g/mol. The first-order valence-electron chi connectivity index (χ1n) is 11.9. The highest BCUT2D eigenvalue weighted by molar-refractivity contribution is 5.89. The van der Waals surface area contributed by atoms with Crippen LogP contribution in [-0.2, 0) is 22.7 Å². The Balaban J connectivity index is 1.73. The second-order valence-electron chi connectivity index (χ2n) is 9.02. The van der Waals surface area contributed by atoms with Gasteiger partial charge >= 0.3 is 6.03 Å². The van der Waals surface area contributed by atoms with Crippen LogP contribution in [0.3, 0.4) is 0 Å².